The van der Waals surface area contributed by atoms with Crippen molar-refractivity contribution in [1.29, 1.82) is 0 Å². The molecular weight excluding hydrogens is 568 g/mol. The van der Waals surface area contributed by atoms with Gasteiger partial charge in [-0.25, -0.2) is 9.97 Å². The predicted molar refractivity (Wildman–Crippen MR) is 153 cm³/mol. The number of nitrogens with two attached hydrogens (primary N) is 1. The number of hydrogen-bond acceptors (Lipinski definition) is 10. The van der Waals surface area contributed by atoms with E-state index in [1.54, 1.807) is 6.07 Å². The van der Waals surface area contributed by atoms with Gasteiger partial charge in [-0.15, -0.1) is 0 Å². The van der Waals surface area contributed by atoms with E-state index in [9.17, 15) is 14.9 Å². The summed E-state index contributed by atoms with van der Waals surface area (Å²) >= 11 is 3.45. The summed E-state index contributed by atoms with van der Waals surface area (Å²) in [7, 11) is 0. The third-order valence-corrected chi connectivity index (χ3v) is 7.04. The Morgan fingerprint density at radius 3 is 2.59 bits per heavy atom. The van der Waals surface area contributed by atoms with E-state index in [1.165, 1.54) is 6.07 Å². The van der Waals surface area contributed by atoms with Gasteiger partial charge >= 0.3 is 11.7 Å². The highest BCUT2D eigenvalue weighted by atomic mass is 79.9. The number of hydrogen-bond donors (Lipinski definition) is 1. The summed E-state index contributed by atoms with van der Waals surface area (Å²) in [5.41, 5.74) is 7.58. The van der Waals surface area contributed by atoms with Crippen LogP contribution in [0, 0.1) is 10.1 Å². The molecule has 0 bridgehead atoms. The topological polar surface area (TPSA) is 137 Å². The molecule has 1 aliphatic rings. The molecule has 1 saturated heterocycles. The van der Waals surface area contributed by atoms with Crippen molar-refractivity contribution in [3.8, 4) is 17.0 Å². The van der Waals surface area contributed by atoms with Crippen molar-refractivity contribution in [1.82, 2.24) is 19.8 Å². The number of fused-ring (bicyclic) bond motifs is 1. The van der Waals surface area contributed by atoms with Gasteiger partial charge in [-0.2, -0.15) is 0 Å². The molecule has 4 rings (SSSR count). The maximum absolute atomic E-state index is 11.9. The minimum absolute atomic E-state index is 0.0747. The minimum Gasteiger partial charge on any atom is -0.487 e. The molecule has 1 aromatic heterocycles. The maximum Gasteiger partial charge on any atom is 0.320 e. The van der Waals surface area contributed by atoms with E-state index < -0.39 is 4.92 Å². The van der Waals surface area contributed by atoms with E-state index in [-0.39, 0.29) is 23.4 Å². The van der Waals surface area contributed by atoms with Gasteiger partial charge in [0.25, 0.3) is 0 Å². The molecule has 1 fully saturated rings. The lowest BCUT2D eigenvalue weighted by atomic mass is 10.1. The van der Waals surface area contributed by atoms with Crippen molar-refractivity contribution in [2.24, 2.45) is 0 Å². The summed E-state index contributed by atoms with van der Waals surface area (Å²) in [4.78, 5) is 36.4. The molecule has 0 atom stereocenters. The zero-order valence-electron chi connectivity index (χ0n) is 22.0. The molecule has 0 saturated carbocycles. The average molecular weight is 602 g/mol. The summed E-state index contributed by atoms with van der Waals surface area (Å²) in [6.45, 7) is 7.24. The number of benzene rings is 2. The molecule has 0 amide bonds. The first-order valence-electron chi connectivity index (χ1n) is 13.1. The van der Waals surface area contributed by atoms with E-state index in [2.05, 4.69) is 42.6 Å². The summed E-state index contributed by atoms with van der Waals surface area (Å²) in [6.07, 6.45) is 2.59. The number of ether oxygens (including phenoxy) is 2. The van der Waals surface area contributed by atoms with Crippen LogP contribution in [0.1, 0.15) is 26.2 Å². The third-order valence-electron chi connectivity index (χ3n) is 6.54. The van der Waals surface area contributed by atoms with Crippen LogP contribution in [0.2, 0.25) is 0 Å². The monoisotopic (exact) mass is 600 g/mol. The molecule has 2 N–H and O–H groups in total. The second kappa shape index (κ2) is 13.6. The minimum atomic E-state index is -0.456. The summed E-state index contributed by atoms with van der Waals surface area (Å²) in [5, 5.41) is 12.4. The van der Waals surface area contributed by atoms with Crippen LogP contribution in [0.4, 0.5) is 11.6 Å². The fraction of sp³-hybridized carbons (Fsp3) is 0.444. The Hall–Kier alpha value is -3.35. The van der Waals surface area contributed by atoms with Gasteiger partial charge in [-0.05, 0) is 25.0 Å². The molecule has 0 aliphatic carbocycles. The average Bonchev–Trinajstić information content (AvgIpc) is 2.91. The predicted octanol–water partition coefficient (Wildman–Crippen LogP) is 4.28. The summed E-state index contributed by atoms with van der Waals surface area (Å²) < 4.78 is 12.0. The van der Waals surface area contributed by atoms with Crippen LogP contribution in [-0.2, 0) is 9.53 Å². The molecular formula is C27H33BrN6O5. The number of nitro benzene ring substituents is 1. The number of nitrogen functional groups attached to an aromatic ring is 1. The number of anilines is 1. The van der Waals surface area contributed by atoms with E-state index in [1.807, 2.05) is 24.3 Å². The Balaban J connectivity index is 1.35. The molecule has 12 heteroatoms. The number of carbonyl (C=O) groups excluding carboxylic acids is 1. The van der Waals surface area contributed by atoms with Gasteiger partial charge in [0.05, 0.1) is 35.9 Å². The Kier molecular flexibility index (Phi) is 10.0. The van der Waals surface area contributed by atoms with Crippen LogP contribution in [0.5, 0.6) is 5.75 Å². The van der Waals surface area contributed by atoms with Crippen molar-refractivity contribution in [3.05, 3.63) is 51.0 Å². The SMILES string of the molecule is CCCCOC(=O)CN1CCN(CCCOc2cc3nc(N)nc(-c4cccc(Br)c4)c3cc2[N+](=O)[O-])CC1. The fourth-order valence-corrected chi connectivity index (χ4v) is 4.88. The highest BCUT2D eigenvalue weighted by Gasteiger charge is 2.22. The van der Waals surface area contributed by atoms with Crippen LogP contribution in [0.15, 0.2) is 40.9 Å². The van der Waals surface area contributed by atoms with E-state index in [4.69, 9.17) is 15.2 Å². The second-order valence-corrected chi connectivity index (χ2v) is 10.3. The van der Waals surface area contributed by atoms with Crippen molar-refractivity contribution in [2.45, 2.75) is 26.2 Å². The largest absolute Gasteiger partial charge is 0.487 e. The van der Waals surface area contributed by atoms with Crippen LogP contribution in [0.3, 0.4) is 0 Å². The normalized spacial score (nSPS) is 14.4. The first kappa shape index (κ1) is 28.7. The van der Waals surface area contributed by atoms with Gasteiger partial charge in [-0.3, -0.25) is 19.8 Å². The Bertz CT molecular complexity index is 1320. The first-order valence-corrected chi connectivity index (χ1v) is 13.9. The Labute approximate surface area is 235 Å². The number of carbonyl (C=O) groups is 1. The smallest absolute Gasteiger partial charge is 0.320 e. The van der Waals surface area contributed by atoms with Crippen molar-refractivity contribution in [3.63, 3.8) is 0 Å². The Morgan fingerprint density at radius 1 is 1.10 bits per heavy atom. The molecule has 2 aromatic carbocycles. The van der Waals surface area contributed by atoms with E-state index in [0.29, 0.717) is 42.8 Å². The molecule has 3 aromatic rings. The zero-order valence-corrected chi connectivity index (χ0v) is 23.6. The van der Waals surface area contributed by atoms with Crippen LogP contribution >= 0.6 is 15.9 Å². The van der Waals surface area contributed by atoms with Gasteiger partial charge in [-0.1, -0.05) is 41.4 Å². The van der Waals surface area contributed by atoms with Crippen molar-refractivity contribution in [2.75, 3.05) is 58.2 Å². The second-order valence-electron chi connectivity index (χ2n) is 9.43. The number of rotatable bonds is 12. The molecule has 208 valence electrons. The lowest BCUT2D eigenvalue weighted by Gasteiger charge is -2.34. The zero-order chi connectivity index (χ0) is 27.8. The van der Waals surface area contributed by atoms with Gasteiger partial charge in [0.15, 0.2) is 5.75 Å². The van der Waals surface area contributed by atoms with Crippen LogP contribution < -0.4 is 10.5 Å². The van der Waals surface area contributed by atoms with Gasteiger partial charge in [0, 0.05) is 60.3 Å². The number of esters is 1. The molecule has 39 heavy (non-hydrogen) atoms. The van der Waals surface area contributed by atoms with Gasteiger partial charge < -0.3 is 20.1 Å². The Morgan fingerprint density at radius 2 is 1.87 bits per heavy atom. The number of unbranched alkanes of at least 4 members (excludes halogenated alkanes) is 1. The van der Waals surface area contributed by atoms with E-state index in [0.717, 1.165) is 55.6 Å². The van der Waals surface area contributed by atoms with Crippen molar-refractivity contribution >= 4 is 44.4 Å². The molecule has 11 nitrogen and oxygen atoms in total. The number of piperazine rings is 1. The molecule has 0 spiro atoms. The van der Waals surface area contributed by atoms with Crippen LogP contribution in [-0.4, -0.2) is 83.1 Å². The summed E-state index contributed by atoms with van der Waals surface area (Å²) in [6, 6.07) is 10.5. The molecule has 0 unspecified atom stereocenters. The maximum atomic E-state index is 11.9. The lowest BCUT2D eigenvalue weighted by Crippen LogP contribution is -2.48. The lowest BCUT2D eigenvalue weighted by molar-refractivity contribution is -0.385. The molecule has 1 aliphatic heterocycles. The highest BCUT2D eigenvalue weighted by molar-refractivity contribution is 9.10. The number of nitrogens with zero attached hydrogens (tertiary/aromatic N) is 5. The highest BCUT2D eigenvalue weighted by Crippen LogP contribution is 2.36. The fourth-order valence-electron chi connectivity index (χ4n) is 4.48. The van der Waals surface area contributed by atoms with Gasteiger partial charge in [0.2, 0.25) is 5.95 Å². The standard InChI is InChI=1S/C27H33BrN6O5/c1-2-3-13-39-25(35)18-33-11-9-32(10-12-33)8-5-14-38-24-17-22-21(16-23(24)34(36)37)26(31-27(29)30-22)19-6-4-7-20(28)15-19/h4,6-7,15-17H,2-3,5,8-14,18H2,1H3,(H2,29,30,31). The molecule has 0 radical (unpaired) electrons. The number of aromatic nitrogens is 2. The van der Waals surface area contributed by atoms with Crippen molar-refractivity contribution < 1.29 is 19.2 Å². The third kappa shape index (κ3) is 7.84. The van der Waals surface area contributed by atoms with Gasteiger partial charge in [0.1, 0.15) is 0 Å². The number of nitro groups is 1. The number of halogens is 1. The first-order chi connectivity index (χ1) is 18.8. The summed E-state index contributed by atoms with van der Waals surface area (Å²) in [5.74, 6) is 0.0564. The van der Waals surface area contributed by atoms with E-state index >= 15 is 0 Å². The quantitative estimate of drug-likeness (QED) is 0.139. The molecule has 2 heterocycles. The van der Waals surface area contributed by atoms with Crippen LogP contribution in [0.25, 0.3) is 22.2 Å².